The summed E-state index contributed by atoms with van der Waals surface area (Å²) < 4.78 is 31.8. The van der Waals surface area contributed by atoms with Crippen molar-refractivity contribution >= 4 is 10.0 Å². The van der Waals surface area contributed by atoms with Crippen molar-refractivity contribution in [2.75, 3.05) is 26.7 Å². The predicted molar refractivity (Wildman–Crippen MR) is 84.9 cm³/mol. The molecule has 0 amide bonds. The monoisotopic (exact) mass is 314 g/mol. The van der Waals surface area contributed by atoms with E-state index in [4.69, 9.17) is 10.5 Å². The molecule has 6 heteroatoms. The van der Waals surface area contributed by atoms with Crippen LogP contribution in [0.2, 0.25) is 0 Å². The Morgan fingerprint density at radius 2 is 1.81 bits per heavy atom. The van der Waals surface area contributed by atoms with Crippen LogP contribution in [-0.2, 0) is 10.0 Å². The van der Waals surface area contributed by atoms with Crippen LogP contribution in [0.3, 0.4) is 0 Å². The van der Waals surface area contributed by atoms with E-state index >= 15 is 0 Å². The van der Waals surface area contributed by atoms with Gasteiger partial charge in [0.1, 0.15) is 5.75 Å². The van der Waals surface area contributed by atoms with Crippen LogP contribution in [-0.4, -0.2) is 39.5 Å². The van der Waals surface area contributed by atoms with E-state index in [-0.39, 0.29) is 10.3 Å². The molecule has 0 atom stereocenters. The maximum absolute atomic E-state index is 12.5. The second kappa shape index (κ2) is 7.24. The largest absolute Gasteiger partial charge is 0.494 e. The Balaban J connectivity index is 2.87. The first kappa shape index (κ1) is 17.9. The topological polar surface area (TPSA) is 72.6 Å². The van der Waals surface area contributed by atoms with Crippen molar-refractivity contribution in [2.24, 2.45) is 11.1 Å². The summed E-state index contributed by atoms with van der Waals surface area (Å²) >= 11 is 0. The van der Waals surface area contributed by atoms with Gasteiger partial charge in [0.05, 0.1) is 11.5 Å². The third-order valence-electron chi connectivity index (χ3n) is 3.21. The van der Waals surface area contributed by atoms with Crippen molar-refractivity contribution in [3.63, 3.8) is 0 Å². The van der Waals surface area contributed by atoms with Gasteiger partial charge in [0.15, 0.2) is 0 Å². The number of ether oxygens (including phenoxy) is 1. The highest BCUT2D eigenvalue weighted by molar-refractivity contribution is 7.89. The van der Waals surface area contributed by atoms with E-state index in [9.17, 15) is 8.42 Å². The molecule has 0 radical (unpaired) electrons. The standard InChI is InChI=1S/C15H26N2O3S/c1-5-10-20-13-6-8-14(9-7-13)21(18,19)17(4)12-15(2,3)11-16/h6-9H,5,10-12,16H2,1-4H3. The van der Waals surface area contributed by atoms with Crippen molar-refractivity contribution in [1.82, 2.24) is 4.31 Å². The van der Waals surface area contributed by atoms with Gasteiger partial charge in [-0.05, 0) is 42.6 Å². The molecular weight excluding hydrogens is 288 g/mol. The molecule has 0 aliphatic carbocycles. The highest BCUT2D eigenvalue weighted by atomic mass is 32.2. The van der Waals surface area contributed by atoms with E-state index in [2.05, 4.69) is 0 Å². The van der Waals surface area contributed by atoms with E-state index < -0.39 is 10.0 Å². The zero-order valence-corrected chi connectivity index (χ0v) is 14.1. The fourth-order valence-corrected chi connectivity index (χ4v) is 3.22. The third-order valence-corrected chi connectivity index (χ3v) is 5.03. The molecule has 0 aromatic heterocycles. The van der Waals surface area contributed by atoms with Crippen molar-refractivity contribution in [1.29, 1.82) is 0 Å². The fourth-order valence-electron chi connectivity index (χ4n) is 1.86. The summed E-state index contributed by atoms with van der Waals surface area (Å²) in [6.45, 7) is 7.33. The van der Waals surface area contributed by atoms with Gasteiger partial charge in [-0.25, -0.2) is 12.7 Å². The summed E-state index contributed by atoms with van der Waals surface area (Å²) in [4.78, 5) is 0.265. The first-order chi connectivity index (χ1) is 9.73. The molecule has 1 rings (SSSR count). The quantitative estimate of drug-likeness (QED) is 0.797. The molecule has 21 heavy (non-hydrogen) atoms. The smallest absolute Gasteiger partial charge is 0.242 e. The average Bonchev–Trinajstić information content (AvgIpc) is 2.45. The summed E-state index contributed by atoms with van der Waals surface area (Å²) in [6.07, 6.45) is 0.914. The predicted octanol–water partition coefficient (Wildman–Crippen LogP) is 2.08. The minimum atomic E-state index is -3.50. The second-order valence-electron chi connectivity index (χ2n) is 5.95. The Morgan fingerprint density at radius 1 is 1.24 bits per heavy atom. The van der Waals surface area contributed by atoms with Crippen LogP contribution in [0.15, 0.2) is 29.2 Å². The minimum Gasteiger partial charge on any atom is -0.494 e. The lowest BCUT2D eigenvalue weighted by molar-refractivity contribution is 0.292. The lowest BCUT2D eigenvalue weighted by Crippen LogP contribution is -2.39. The third kappa shape index (κ3) is 4.98. The summed E-state index contributed by atoms with van der Waals surface area (Å²) in [6, 6.07) is 6.52. The number of rotatable bonds is 8. The Labute approximate surface area is 128 Å². The number of hydrogen-bond donors (Lipinski definition) is 1. The van der Waals surface area contributed by atoms with Gasteiger partial charge in [-0.15, -0.1) is 0 Å². The number of benzene rings is 1. The molecule has 1 aromatic carbocycles. The van der Waals surface area contributed by atoms with Crippen molar-refractivity contribution in [3.05, 3.63) is 24.3 Å². The Bertz CT molecular complexity index is 539. The number of nitrogens with two attached hydrogens (primary N) is 1. The Hall–Kier alpha value is -1.11. The summed E-state index contributed by atoms with van der Waals surface area (Å²) in [7, 11) is -1.92. The van der Waals surface area contributed by atoms with Crippen LogP contribution in [0.5, 0.6) is 5.75 Å². The molecule has 0 heterocycles. The molecule has 0 aliphatic rings. The van der Waals surface area contributed by atoms with Gasteiger partial charge in [0.25, 0.3) is 0 Å². The molecule has 1 aromatic rings. The van der Waals surface area contributed by atoms with Gasteiger partial charge >= 0.3 is 0 Å². The zero-order valence-electron chi connectivity index (χ0n) is 13.3. The van der Waals surface area contributed by atoms with Gasteiger partial charge in [-0.1, -0.05) is 20.8 Å². The van der Waals surface area contributed by atoms with Gasteiger partial charge in [-0.2, -0.15) is 0 Å². The second-order valence-corrected chi connectivity index (χ2v) is 7.99. The maximum atomic E-state index is 12.5. The molecule has 0 spiro atoms. The Kier molecular flexibility index (Phi) is 6.19. The summed E-state index contributed by atoms with van der Waals surface area (Å²) in [5.74, 6) is 0.681. The van der Waals surface area contributed by atoms with E-state index in [1.807, 2.05) is 20.8 Å². The molecular formula is C15H26N2O3S. The van der Waals surface area contributed by atoms with E-state index in [0.717, 1.165) is 6.42 Å². The minimum absolute atomic E-state index is 0.258. The highest BCUT2D eigenvalue weighted by Gasteiger charge is 2.27. The molecule has 120 valence electrons. The molecule has 0 saturated carbocycles. The van der Waals surface area contributed by atoms with Crippen LogP contribution >= 0.6 is 0 Å². The number of hydrogen-bond acceptors (Lipinski definition) is 4. The molecule has 2 N–H and O–H groups in total. The van der Waals surface area contributed by atoms with Crippen molar-refractivity contribution < 1.29 is 13.2 Å². The molecule has 0 bridgehead atoms. The summed E-state index contributed by atoms with van der Waals surface area (Å²) in [5, 5.41) is 0. The lowest BCUT2D eigenvalue weighted by atomic mass is 9.94. The SMILES string of the molecule is CCCOc1ccc(S(=O)(=O)N(C)CC(C)(C)CN)cc1. The Morgan fingerprint density at radius 3 is 2.29 bits per heavy atom. The molecule has 0 saturated heterocycles. The first-order valence-electron chi connectivity index (χ1n) is 7.12. The van der Waals surface area contributed by atoms with Gasteiger partial charge < -0.3 is 10.5 Å². The normalized spacial score (nSPS) is 12.7. The van der Waals surface area contributed by atoms with Gasteiger partial charge in [0, 0.05) is 13.6 Å². The van der Waals surface area contributed by atoms with Crippen molar-refractivity contribution in [2.45, 2.75) is 32.1 Å². The number of sulfonamides is 1. The average molecular weight is 314 g/mol. The fraction of sp³-hybridized carbons (Fsp3) is 0.600. The highest BCUT2D eigenvalue weighted by Crippen LogP contribution is 2.22. The van der Waals surface area contributed by atoms with Crippen molar-refractivity contribution in [3.8, 4) is 5.75 Å². The zero-order chi connectivity index (χ0) is 16.1. The van der Waals surface area contributed by atoms with E-state index in [0.29, 0.717) is 25.4 Å². The lowest BCUT2D eigenvalue weighted by Gasteiger charge is -2.28. The summed E-state index contributed by atoms with van der Waals surface area (Å²) in [5.41, 5.74) is 5.41. The maximum Gasteiger partial charge on any atom is 0.242 e. The van der Waals surface area contributed by atoms with E-state index in [1.165, 1.54) is 4.31 Å². The van der Waals surface area contributed by atoms with Crippen LogP contribution in [0.4, 0.5) is 0 Å². The number of nitrogens with zero attached hydrogens (tertiary/aromatic N) is 1. The molecule has 0 unspecified atom stereocenters. The molecule has 0 fully saturated rings. The van der Waals surface area contributed by atoms with Gasteiger partial charge in [-0.3, -0.25) is 0 Å². The van der Waals surface area contributed by atoms with E-state index in [1.54, 1.807) is 31.3 Å². The first-order valence-corrected chi connectivity index (χ1v) is 8.56. The van der Waals surface area contributed by atoms with Crippen LogP contribution in [0, 0.1) is 5.41 Å². The van der Waals surface area contributed by atoms with Crippen LogP contribution < -0.4 is 10.5 Å². The van der Waals surface area contributed by atoms with Crippen LogP contribution in [0.1, 0.15) is 27.2 Å². The molecule has 5 nitrogen and oxygen atoms in total. The molecule has 0 aliphatic heterocycles. The van der Waals surface area contributed by atoms with Gasteiger partial charge in [0.2, 0.25) is 10.0 Å². The van der Waals surface area contributed by atoms with Crippen LogP contribution in [0.25, 0.3) is 0 Å².